The third kappa shape index (κ3) is 4.15. The molecule has 127 valence electrons. The van der Waals surface area contributed by atoms with Crippen molar-refractivity contribution in [1.29, 1.82) is 0 Å². The summed E-state index contributed by atoms with van der Waals surface area (Å²) < 4.78 is 1.88. The fourth-order valence-corrected chi connectivity index (χ4v) is 12.4. The van der Waals surface area contributed by atoms with Crippen LogP contribution >= 0.6 is 11.8 Å². The molecule has 5 heteroatoms. The molecule has 1 unspecified atom stereocenters. The Bertz CT molecular complexity index is 556. The van der Waals surface area contributed by atoms with E-state index in [0.717, 1.165) is 6.42 Å². The van der Waals surface area contributed by atoms with Gasteiger partial charge in [-0.15, -0.1) is 0 Å². The normalized spacial score (nSPS) is 24.3. The molecule has 1 atom stereocenters. The zero-order chi connectivity index (χ0) is 15.9. The fraction of sp³-hybridized carbons (Fsp3) is 0.556. The van der Waals surface area contributed by atoms with Crippen LogP contribution in [0.4, 0.5) is 0 Å². The molecule has 0 aromatic carbocycles. The summed E-state index contributed by atoms with van der Waals surface area (Å²) in [7, 11) is -1.62. The smallest absolute Gasteiger partial charge is 1.00 e. The van der Waals surface area contributed by atoms with E-state index in [0.29, 0.717) is 0 Å². The van der Waals surface area contributed by atoms with E-state index in [-0.39, 0.29) is 34.6 Å². The Labute approximate surface area is 172 Å². The molecular formula is C18H27Cl2SSiTi. The van der Waals surface area contributed by atoms with Gasteiger partial charge in [0.15, 0.2) is 0 Å². The Balaban J connectivity index is 0.00000242. The van der Waals surface area contributed by atoms with Gasteiger partial charge in [-0.2, -0.15) is 0 Å². The van der Waals surface area contributed by atoms with Crippen LogP contribution in [-0.2, 0) is 20.4 Å². The molecule has 0 amide bonds. The summed E-state index contributed by atoms with van der Waals surface area (Å²) in [4.78, 5) is 0. The zero-order valence-corrected chi connectivity index (χ0v) is 19.9. The van der Waals surface area contributed by atoms with Crippen LogP contribution in [0, 0.1) is 5.41 Å². The molecule has 0 bridgehead atoms. The van der Waals surface area contributed by atoms with Crippen molar-refractivity contribution in [3.8, 4) is 0 Å². The van der Waals surface area contributed by atoms with Crippen molar-refractivity contribution in [3.63, 3.8) is 0 Å². The number of thioether (sulfide) groups is 1. The second kappa shape index (κ2) is 8.47. The molecule has 0 radical (unpaired) electrons. The number of allylic oxidation sites excluding steroid dienone is 7. The first-order chi connectivity index (χ1) is 9.67. The predicted octanol–water partition coefficient (Wildman–Crippen LogP) is -0.424. The van der Waals surface area contributed by atoms with E-state index in [9.17, 15) is 0 Å². The van der Waals surface area contributed by atoms with Gasteiger partial charge < -0.3 is 24.8 Å². The monoisotopic (exact) mass is 421 g/mol. The predicted molar refractivity (Wildman–Crippen MR) is 95.8 cm³/mol. The molecule has 0 N–H and O–H groups in total. The number of rotatable bonds is 3. The largest absolute Gasteiger partial charge is 1.00 e. The Morgan fingerprint density at radius 3 is 2.22 bits per heavy atom. The van der Waals surface area contributed by atoms with E-state index in [1.165, 1.54) is 6.42 Å². The van der Waals surface area contributed by atoms with Crippen LogP contribution in [0.3, 0.4) is 0 Å². The van der Waals surface area contributed by atoms with Gasteiger partial charge in [-0.3, -0.25) is 0 Å². The molecule has 2 rings (SSSR count). The van der Waals surface area contributed by atoms with Crippen LogP contribution < -0.4 is 24.8 Å². The average molecular weight is 422 g/mol. The van der Waals surface area contributed by atoms with E-state index in [1.54, 1.807) is 14.6 Å². The van der Waals surface area contributed by atoms with Gasteiger partial charge in [-0.25, -0.2) is 0 Å². The third-order valence-electron chi connectivity index (χ3n) is 5.01. The molecule has 23 heavy (non-hydrogen) atoms. The number of halogens is 2. The molecule has 0 saturated carbocycles. The van der Waals surface area contributed by atoms with Gasteiger partial charge in [0.2, 0.25) is 0 Å². The summed E-state index contributed by atoms with van der Waals surface area (Å²) in [5, 5.41) is 1.68. The van der Waals surface area contributed by atoms with Gasteiger partial charge in [0, 0.05) is 0 Å². The third-order valence-corrected chi connectivity index (χ3v) is 13.7. The van der Waals surface area contributed by atoms with E-state index in [1.807, 2.05) is 0 Å². The van der Waals surface area contributed by atoms with E-state index in [2.05, 4.69) is 103 Å². The number of hydrogen-bond donors (Lipinski definition) is 0. The van der Waals surface area contributed by atoms with Crippen molar-refractivity contribution in [2.45, 2.75) is 51.1 Å². The average Bonchev–Trinajstić information content (AvgIpc) is 2.84. The second-order valence-corrected chi connectivity index (χ2v) is 14.7. The molecular weight excluding hydrogens is 395 g/mol. The van der Waals surface area contributed by atoms with Gasteiger partial charge in [0.25, 0.3) is 0 Å². The van der Waals surface area contributed by atoms with Crippen LogP contribution in [0.2, 0.25) is 13.1 Å². The zero-order valence-electron chi connectivity index (χ0n) is 15.0. The molecule has 0 aromatic heterocycles. The van der Waals surface area contributed by atoms with Crippen molar-refractivity contribution in [2.75, 3.05) is 6.26 Å². The van der Waals surface area contributed by atoms with Crippen LogP contribution in [0.25, 0.3) is 0 Å². The quantitative estimate of drug-likeness (QED) is 0.557. The summed E-state index contributed by atoms with van der Waals surface area (Å²) in [6, 6.07) is 0. The van der Waals surface area contributed by atoms with Crippen molar-refractivity contribution in [1.82, 2.24) is 0 Å². The Hall–Kier alpha value is 0.821. The van der Waals surface area contributed by atoms with Crippen LogP contribution in [0.1, 0.15) is 33.6 Å². The topological polar surface area (TPSA) is 0 Å². The molecule has 0 heterocycles. The molecule has 0 aromatic rings. The molecule has 0 fully saturated rings. The first kappa shape index (κ1) is 23.8. The van der Waals surface area contributed by atoms with Crippen molar-refractivity contribution in [2.24, 2.45) is 5.41 Å². The summed E-state index contributed by atoms with van der Waals surface area (Å²) in [6.45, 7) is 12.3. The minimum Gasteiger partial charge on any atom is -1.00 e. The van der Waals surface area contributed by atoms with Crippen LogP contribution in [0.15, 0.2) is 45.0 Å². The summed E-state index contributed by atoms with van der Waals surface area (Å²) in [5.41, 5.74) is 1.87. The van der Waals surface area contributed by atoms with E-state index in [4.69, 9.17) is 0 Å². The molecule has 2 aliphatic carbocycles. The second-order valence-electron chi connectivity index (χ2n) is 7.62. The van der Waals surface area contributed by atoms with Gasteiger partial charge in [-0.05, 0) is 0 Å². The summed E-state index contributed by atoms with van der Waals surface area (Å²) >= 11 is 4.43. The standard InChI is InChI=1S/C18H27SSi.2ClH.Ti/c1-17(2,3)16-13-9-10-14-18(16,19-4)20(5,6)15-11-7-8-12-15;;;/h7,9-11,13H,8,14H2,1-6H3;2*1H;/q;;;+2/p-2. The van der Waals surface area contributed by atoms with Crippen LogP contribution in [0.5, 0.6) is 0 Å². The minimum absolute atomic E-state index is 0. The Kier molecular flexibility index (Phi) is 8.77. The molecule has 0 spiro atoms. The minimum atomic E-state index is -1.62. The Morgan fingerprint density at radius 1 is 1.17 bits per heavy atom. The summed E-state index contributed by atoms with van der Waals surface area (Å²) in [5.74, 6) is 0. The van der Waals surface area contributed by atoms with Crippen molar-refractivity contribution in [3.05, 3.63) is 45.0 Å². The molecule has 0 nitrogen and oxygen atoms in total. The van der Waals surface area contributed by atoms with Gasteiger partial charge >= 0.3 is 148 Å². The maximum Gasteiger partial charge on any atom is -1.00 e. The molecule has 0 saturated heterocycles. The van der Waals surface area contributed by atoms with Crippen molar-refractivity contribution < 1.29 is 45.2 Å². The van der Waals surface area contributed by atoms with Gasteiger partial charge in [0.05, 0.1) is 0 Å². The number of hydrogen-bond acceptors (Lipinski definition) is 1. The Morgan fingerprint density at radius 2 is 1.78 bits per heavy atom. The van der Waals surface area contributed by atoms with E-state index >= 15 is 0 Å². The van der Waals surface area contributed by atoms with Gasteiger partial charge in [-0.1, -0.05) is 0 Å². The first-order valence-electron chi connectivity index (χ1n) is 7.71. The van der Waals surface area contributed by atoms with Crippen molar-refractivity contribution >= 4 is 19.8 Å². The van der Waals surface area contributed by atoms with Gasteiger partial charge in [0.1, 0.15) is 0 Å². The first-order valence-corrected chi connectivity index (χ1v) is 12.7. The fourth-order valence-electron chi connectivity index (χ4n) is 3.85. The maximum absolute atomic E-state index is 2.58. The maximum atomic E-state index is 2.58. The SMILES string of the molecule is CSC1([Si](C)(C)C2=[C]([Ti+2])CC=C2)CC=CC=C1C(C)(C)C.[Cl-].[Cl-]. The molecule has 2 aliphatic rings. The van der Waals surface area contributed by atoms with Crippen LogP contribution in [-0.4, -0.2) is 18.7 Å². The summed E-state index contributed by atoms with van der Waals surface area (Å²) in [6.07, 6.45) is 16.5. The molecule has 0 aliphatic heterocycles. The van der Waals surface area contributed by atoms with E-state index < -0.39 is 8.07 Å².